The van der Waals surface area contributed by atoms with Crippen LogP contribution in [0.4, 0.5) is 14.6 Å². The van der Waals surface area contributed by atoms with Crippen molar-refractivity contribution in [2.75, 3.05) is 12.0 Å². The lowest BCUT2D eigenvalue weighted by Gasteiger charge is -2.10. The van der Waals surface area contributed by atoms with Crippen LogP contribution in [0.3, 0.4) is 0 Å². The maximum Gasteiger partial charge on any atom is 0.155 e. The molecule has 8 heteroatoms. The van der Waals surface area contributed by atoms with Crippen molar-refractivity contribution in [3.63, 3.8) is 0 Å². The van der Waals surface area contributed by atoms with Crippen LogP contribution in [-0.2, 0) is 16.9 Å². The topological polar surface area (TPSA) is 78.0 Å². The number of nitrogens with zero attached hydrogens (tertiary/aromatic N) is 2. The Labute approximate surface area is 121 Å². The van der Waals surface area contributed by atoms with Gasteiger partial charge in [-0.25, -0.2) is 17.2 Å². The normalized spacial score (nSPS) is 13.4. The zero-order chi connectivity index (χ0) is 15.9. The summed E-state index contributed by atoms with van der Waals surface area (Å²) in [4.78, 5) is 0. The van der Waals surface area contributed by atoms with Gasteiger partial charge in [0.1, 0.15) is 22.7 Å². The van der Waals surface area contributed by atoms with Gasteiger partial charge in [-0.05, 0) is 19.1 Å². The Morgan fingerprint density at radius 3 is 2.48 bits per heavy atom. The molecule has 21 heavy (non-hydrogen) atoms. The van der Waals surface area contributed by atoms with Crippen molar-refractivity contribution in [2.45, 2.75) is 12.2 Å². The number of benzene rings is 1. The van der Waals surface area contributed by atoms with Crippen LogP contribution in [0.15, 0.2) is 18.2 Å². The van der Waals surface area contributed by atoms with Crippen LogP contribution < -0.4 is 5.73 Å². The highest BCUT2D eigenvalue weighted by Gasteiger charge is 2.28. The summed E-state index contributed by atoms with van der Waals surface area (Å²) in [6.45, 7) is 1.45. The molecule has 0 aliphatic heterocycles. The lowest BCUT2D eigenvalue weighted by Crippen LogP contribution is -2.10. The van der Waals surface area contributed by atoms with E-state index in [2.05, 4.69) is 5.10 Å². The van der Waals surface area contributed by atoms with Gasteiger partial charge >= 0.3 is 0 Å². The van der Waals surface area contributed by atoms with E-state index in [1.165, 1.54) is 24.7 Å². The minimum absolute atomic E-state index is 0.0208. The summed E-state index contributed by atoms with van der Waals surface area (Å²) in [5.74, 6) is -1.43. The van der Waals surface area contributed by atoms with Crippen LogP contribution in [0.25, 0.3) is 11.1 Å². The summed E-state index contributed by atoms with van der Waals surface area (Å²) in [6.07, 6.45) is 1.06. The molecule has 0 spiro atoms. The molecule has 0 radical (unpaired) electrons. The molecule has 1 unspecified atom stereocenters. The number of hydrogen-bond acceptors (Lipinski definition) is 4. The average molecular weight is 315 g/mol. The average Bonchev–Trinajstić information content (AvgIpc) is 2.64. The van der Waals surface area contributed by atoms with Crippen LogP contribution >= 0.6 is 0 Å². The maximum atomic E-state index is 14.0. The van der Waals surface area contributed by atoms with Crippen molar-refractivity contribution in [2.24, 2.45) is 7.05 Å². The lowest BCUT2D eigenvalue weighted by atomic mass is 10.0. The fourth-order valence-corrected chi connectivity index (χ4v) is 2.58. The number of aryl methyl sites for hydroxylation is 1. The third-order valence-corrected chi connectivity index (χ3v) is 4.85. The van der Waals surface area contributed by atoms with Crippen LogP contribution in [0.2, 0.25) is 0 Å². The third-order valence-electron chi connectivity index (χ3n) is 3.35. The number of anilines is 1. The zero-order valence-electron chi connectivity index (χ0n) is 11.8. The number of nitrogens with two attached hydrogens (primary N) is 1. The molecule has 2 rings (SSSR count). The van der Waals surface area contributed by atoms with E-state index >= 15 is 0 Å². The van der Waals surface area contributed by atoms with Gasteiger partial charge < -0.3 is 5.73 Å². The second-order valence-corrected chi connectivity index (χ2v) is 7.23. The number of halogens is 2. The fraction of sp³-hybridized carbons (Fsp3) is 0.308. The molecule has 0 saturated carbocycles. The molecule has 1 heterocycles. The van der Waals surface area contributed by atoms with E-state index < -0.39 is 26.7 Å². The van der Waals surface area contributed by atoms with E-state index in [0.29, 0.717) is 0 Å². The second kappa shape index (κ2) is 5.10. The summed E-state index contributed by atoms with van der Waals surface area (Å²) in [6, 6.07) is 3.02. The van der Waals surface area contributed by atoms with Gasteiger partial charge in [-0.3, -0.25) is 4.68 Å². The van der Waals surface area contributed by atoms with E-state index in [-0.39, 0.29) is 22.6 Å². The van der Waals surface area contributed by atoms with Gasteiger partial charge in [0.15, 0.2) is 9.84 Å². The van der Waals surface area contributed by atoms with Gasteiger partial charge in [0.05, 0.1) is 11.3 Å². The Morgan fingerprint density at radius 2 is 1.95 bits per heavy atom. The van der Waals surface area contributed by atoms with Gasteiger partial charge in [0.25, 0.3) is 0 Å². The van der Waals surface area contributed by atoms with Crippen molar-refractivity contribution in [3.8, 4) is 11.1 Å². The smallest absolute Gasteiger partial charge is 0.155 e. The fourth-order valence-electron chi connectivity index (χ4n) is 2.01. The lowest BCUT2D eigenvalue weighted by molar-refractivity contribution is 0.584. The molecule has 2 aromatic rings. The van der Waals surface area contributed by atoms with Crippen molar-refractivity contribution in [3.05, 3.63) is 35.5 Å². The zero-order valence-corrected chi connectivity index (χ0v) is 12.6. The van der Waals surface area contributed by atoms with Crippen LogP contribution in [0.1, 0.15) is 17.9 Å². The Hall–Kier alpha value is -1.96. The molecular formula is C13H15F2N3O2S. The van der Waals surface area contributed by atoms with E-state index in [0.717, 1.165) is 18.4 Å². The minimum Gasteiger partial charge on any atom is -0.383 e. The Balaban J connectivity index is 2.74. The van der Waals surface area contributed by atoms with Gasteiger partial charge in [0.2, 0.25) is 0 Å². The van der Waals surface area contributed by atoms with Gasteiger partial charge in [-0.2, -0.15) is 5.10 Å². The highest BCUT2D eigenvalue weighted by atomic mass is 32.2. The van der Waals surface area contributed by atoms with Crippen molar-refractivity contribution >= 4 is 15.7 Å². The number of nitrogen functional groups attached to an aromatic ring is 1. The molecule has 2 N–H and O–H groups in total. The van der Waals surface area contributed by atoms with Gasteiger partial charge in [0, 0.05) is 24.9 Å². The van der Waals surface area contributed by atoms with Crippen molar-refractivity contribution in [1.82, 2.24) is 9.78 Å². The standard InChI is InChI=1S/C13H15F2N3O2S/c1-7(21(3,19)20)12-11(13(16)18(2)17-12)9-5-4-8(14)6-10(9)15/h4-7H,16H2,1-3H3. The van der Waals surface area contributed by atoms with E-state index in [9.17, 15) is 17.2 Å². The number of hydrogen-bond donors (Lipinski definition) is 1. The van der Waals surface area contributed by atoms with Gasteiger partial charge in [-0.1, -0.05) is 0 Å². The Morgan fingerprint density at radius 1 is 1.33 bits per heavy atom. The molecule has 114 valence electrons. The SMILES string of the molecule is CC(c1nn(C)c(N)c1-c1ccc(F)cc1F)S(C)(=O)=O. The minimum atomic E-state index is -3.44. The first-order valence-corrected chi connectivity index (χ1v) is 8.05. The Kier molecular flexibility index (Phi) is 3.75. The summed E-state index contributed by atoms with van der Waals surface area (Å²) in [7, 11) is -1.91. The van der Waals surface area contributed by atoms with E-state index in [1.54, 1.807) is 0 Å². The molecule has 1 atom stereocenters. The third kappa shape index (κ3) is 2.76. The molecule has 0 aliphatic rings. The number of aromatic nitrogens is 2. The monoisotopic (exact) mass is 315 g/mol. The highest BCUT2D eigenvalue weighted by molar-refractivity contribution is 7.90. The second-order valence-electron chi connectivity index (χ2n) is 4.87. The quantitative estimate of drug-likeness (QED) is 0.940. The predicted molar refractivity (Wildman–Crippen MR) is 76.2 cm³/mol. The van der Waals surface area contributed by atoms with Crippen LogP contribution in [-0.4, -0.2) is 24.5 Å². The predicted octanol–water partition coefficient (Wildman–Crippen LogP) is 2.05. The first-order chi connectivity index (χ1) is 9.62. The molecule has 0 saturated heterocycles. The van der Waals surface area contributed by atoms with Crippen molar-refractivity contribution in [1.29, 1.82) is 0 Å². The molecule has 0 amide bonds. The Bertz CT molecular complexity index is 800. The van der Waals surface area contributed by atoms with Crippen LogP contribution in [0.5, 0.6) is 0 Å². The van der Waals surface area contributed by atoms with E-state index in [4.69, 9.17) is 5.73 Å². The highest BCUT2D eigenvalue weighted by Crippen LogP contribution is 2.36. The molecular weight excluding hydrogens is 300 g/mol. The molecule has 1 aromatic carbocycles. The molecule has 0 aliphatic carbocycles. The summed E-state index contributed by atoms with van der Waals surface area (Å²) < 4.78 is 51.7. The molecule has 0 bridgehead atoms. The van der Waals surface area contributed by atoms with Crippen molar-refractivity contribution < 1.29 is 17.2 Å². The summed E-state index contributed by atoms with van der Waals surface area (Å²) >= 11 is 0. The number of sulfone groups is 1. The summed E-state index contributed by atoms with van der Waals surface area (Å²) in [5, 5.41) is 3.11. The largest absolute Gasteiger partial charge is 0.383 e. The molecule has 1 aromatic heterocycles. The number of rotatable bonds is 3. The molecule has 0 fully saturated rings. The maximum absolute atomic E-state index is 14.0. The van der Waals surface area contributed by atoms with E-state index in [1.807, 2.05) is 0 Å². The first kappa shape index (κ1) is 15.4. The summed E-state index contributed by atoms with van der Waals surface area (Å²) in [5.41, 5.74) is 6.21. The van der Waals surface area contributed by atoms with Gasteiger partial charge in [-0.15, -0.1) is 0 Å². The van der Waals surface area contributed by atoms with Crippen LogP contribution in [0, 0.1) is 11.6 Å². The molecule has 5 nitrogen and oxygen atoms in total. The first-order valence-electron chi connectivity index (χ1n) is 6.09.